The van der Waals surface area contributed by atoms with Crippen LogP contribution in [-0.2, 0) is 11.2 Å². The van der Waals surface area contributed by atoms with Crippen LogP contribution in [0.3, 0.4) is 0 Å². The summed E-state index contributed by atoms with van der Waals surface area (Å²) in [6.07, 6.45) is 3.46. The Morgan fingerprint density at radius 1 is 1.42 bits per heavy atom. The lowest BCUT2D eigenvalue weighted by molar-refractivity contribution is -0.138. The number of rotatable bonds is 4. The number of hydrogen-bond donors (Lipinski definition) is 1. The Kier molecular flexibility index (Phi) is 4.17. The molecular weight excluding hydrogens is 262 g/mol. The van der Waals surface area contributed by atoms with E-state index in [-0.39, 0.29) is 0 Å². The predicted octanol–water partition coefficient (Wildman–Crippen LogP) is 3.45. The second-order valence-corrected chi connectivity index (χ2v) is 4.89. The van der Waals surface area contributed by atoms with Gasteiger partial charge >= 0.3 is 5.97 Å². The van der Waals surface area contributed by atoms with Crippen molar-refractivity contribution in [2.24, 2.45) is 0 Å². The average Bonchev–Trinajstić information content (AvgIpc) is 2.37. The largest absolute Gasteiger partial charge is 0.481 e. The number of benzene rings is 1. The third-order valence-corrected chi connectivity index (χ3v) is 3.32. The van der Waals surface area contributed by atoms with Crippen molar-refractivity contribution in [1.82, 2.24) is 4.98 Å². The number of pyridine rings is 1. The van der Waals surface area contributed by atoms with Crippen molar-refractivity contribution < 1.29 is 9.90 Å². The first-order chi connectivity index (χ1) is 9.08. The van der Waals surface area contributed by atoms with Crippen LogP contribution in [0.25, 0.3) is 0 Å². The summed E-state index contributed by atoms with van der Waals surface area (Å²) in [5.74, 6) is -1.54. The predicted molar refractivity (Wildman–Crippen MR) is 74.5 cm³/mol. The Bertz CT molecular complexity index is 598. The second-order valence-electron chi connectivity index (χ2n) is 4.48. The molecule has 1 unspecified atom stereocenters. The molecule has 0 fully saturated rings. The summed E-state index contributed by atoms with van der Waals surface area (Å²) in [5, 5.41) is 9.79. The SMILES string of the molecule is Cc1cccc(CC(C(=O)O)c2ccncc2Cl)c1. The number of carboxylic acid groups (broad SMARTS) is 1. The maximum absolute atomic E-state index is 11.5. The summed E-state index contributed by atoms with van der Waals surface area (Å²) >= 11 is 6.03. The standard InChI is InChI=1S/C15H14ClNO2/c1-10-3-2-4-11(7-10)8-13(15(18)19)12-5-6-17-9-14(12)16/h2-7,9,13H,8H2,1H3,(H,18,19). The van der Waals surface area contributed by atoms with Crippen LogP contribution in [0.15, 0.2) is 42.7 Å². The monoisotopic (exact) mass is 275 g/mol. The molecule has 0 aliphatic rings. The summed E-state index contributed by atoms with van der Waals surface area (Å²) in [6.45, 7) is 1.98. The molecule has 1 heterocycles. The van der Waals surface area contributed by atoms with E-state index in [1.807, 2.05) is 31.2 Å². The van der Waals surface area contributed by atoms with Crippen LogP contribution in [0.1, 0.15) is 22.6 Å². The number of hydrogen-bond acceptors (Lipinski definition) is 2. The number of aryl methyl sites for hydroxylation is 1. The molecule has 0 aliphatic carbocycles. The van der Waals surface area contributed by atoms with Gasteiger partial charge in [-0.2, -0.15) is 0 Å². The Hall–Kier alpha value is -1.87. The van der Waals surface area contributed by atoms with Gasteiger partial charge in [-0.3, -0.25) is 9.78 Å². The van der Waals surface area contributed by atoms with E-state index in [1.165, 1.54) is 6.20 Å². The summed E-state index contributed by atoms with van der Waals surface area (Å²) in [5.41, 5.74) is 2.70. The number of carboxylic acids is 1. The van der Waals surface area contributed by atoms with Gasteiger partial charge in [0.15, 0.2) is 0 Å². The van der Waals surface area contributed by atoms with Crippen molar-refractivity contribution >= 4 is 17.6 Å². The number of aliphatic carboxylic acids is 1. The van der Waals surface area contributed by atoms with E-state index < -0.39 is 11.9 Å². The van der Waals surface area contributed by atoms with Crippen LogP contribution in [0.5, 0.6) is 0 Å². The molecule has 0 saturated heterocycles. The molecule has 19 heavy (non-hydrogen) atoms. The highest BCUT2D eigenvalue weighted by Gasteiger charge is 2.22. The molecule has 0 amide bonds. The van der Waals surface area contributed by atoms with E-state index in [2.05, 4.69) is 4.98 Å². The van der Waals surface area contributed by atoms with E-state index >= 15 is 0 Å². The van der Waals surface area contributed by atoms with E-state index in [0.717, 1.165) is 11.1 Å². The topological polar surface area (TPSA) is 50.2 Å². The molecule has 98 valence electrons. The third-order valence-electron chi connectivity index (χ3n) is 3.00. The van der Waals surface area contributed by atoms with Gasteiger partial charge in [-0.25, -0.2) is 0 Å². The van der Waals surface area contributed by atoms with E-state index in [1.54, 1.807) is 12.3 Å². The molecule has 4 heteroatoms. The van der Waals surface area contributed by atoms with E-state index in [4.69, 9.17) is 11.6 Å². The Balaban J connectivity index is 2.32. The molecule has 1 atom stereocenters. The average molecular weight is 276 g/mol. The van der Waals surface area contributed by atoms with Gasteiger partial charge < -0.3 is 5.11 Å². The number of nitrogens with zero attached hydrogens (tertiary/aromatic N) is 1. The highest BCUT2D eigenvalue weighted by atomic mass is 35.5. The number of carbonyl (C=O) groups is 1. The minimum absolute atomic E-state index is 0.391. The van der Waals surface area contributed by atoms with Crippen molar-refractivity contribution in [2.45, 2.75) is 19.3 Å². The Labute approximate surface area is 116 Å². The van der Waals surface area contributed by atoms with Crippen molar-refractivity contribution in [1.29, 1.82) is 0 Å². The number of aromatic nitrogens is 1. The number of halogens is 1. The van der Waals surface area contributed by atoms with Gasteiger partial charge in [-0.1, -0.05) is 41.4 Å². The summed E-state index contributed by atoms with van der Waals surface area (Å²) in [4.78, 5) is 15.3. The van der Waals surface area contributed by atoms with Crippen LogP contribution in [0.4, 0.5) is 0 Å². The van der Waals surface area contributed by atoms with Crippen LogP contribution in [0.2, 0.25) is 5.02 Å². The summed E-state index contributed by atoms with van der Waals surface area (Å²) < 4.78 is 0. The van der Waals surface area contributed by atoms with Crippen molar-refractivity contribution in [2.75, 3.05) is 0 Å². The van der Waals surface area contributed by atoms with Crippen LogP contribution in [-0.4, -0.2) is 16.1 Å². The smallest absolute Gasteiger partial charge is 0.311 e. The van der Waals surface area contributed by atoms with Gasteiger partial charge in [0, 0.05) is 12.4 Å². The fourth-order valence-corrected chi connectivity index (χ4v) is 2.32. The minimum atomic E-state index is -0.880. The first-order valence-corrected chi connectivity index (χ1v) is 6.33. The van der Waals surface area contributed by atoms with Gasteiger partial charge in [0.2, 0.25) is 0 Å². The van der Waals surface area contributed by atoms with E-state index in [0.29, 0.717) is 17.0 Å². The van der Waals surface area contributed by atoms with Gasteiger partial charge in [0.1, 0.15) is 0 Å². The lowest BCUT2D eigenvalue weighted by Crippen LogP contribution is -2.15. The highest BCUT2D eigenvalue weighted by Crippen LogP contribution is 2.27. The lowest BCUT2D eigenvalue weighted by atomic mass is 9.92. The van der Waals surface area contributed by atoms with Crippen molar-refractivity contribution in [3.8, 4) is 0 Å². The minimum Gasteiger partial charge on any atom is -0.481 e. The molecule has 0 bridgehead atoms. The van der Waals surface area contributed by atoms with Crippen molar-refractivity contribution in [3.05, 3.63) is 64.4 Å². The second kappa shape index (κ2) is 5.85. The fraction of sp³-hybridized carbons (Fsp3) is 0.200. The van der Waals surface area contributed by atoms with Crippen LogP contribution in [0, 0.1) is 6.92 Å². The highest BCUT2D eigenvalue weighted by molar-refractivity contribution is 6.31. The molecule has 0 spiro atoms. The van der Waals surface area contributed by atoms with Crippen LogP contribution >= 0.6 is 11.6 Å². The third kappa shape index (κ3) is 3.32. The zero-order valence-electron chi connectivity index (χ0n) is 10.5. The Morgan fingerprint density at radius 3 is 2.84 bits per heavy atom. The Morgan fingerprint density at radius 2 is 2.21 bits per heavy atom. The zero-order valence-corrected chi connectivity index (χ0v) is 11.3. The molecule has 1 N–H and O–H groups in total. The fourth-order valence-electron chi connectivity index (χ4n) is 2.07. The van der Waals surface area contributed by atoms with Crippen molar-refractivity contribution in [3.63, 3.8) is 0 Å². The summed E-state index contributed by atoms with van der Waals surface area (Å²) in [6, 6.07) is 9.50. The lowest BCUT2D eigenvalue weighted by Gasteiger charge is -2.14. The maximum Gasteiger partial charge on any atom is 0.311 e. The van der Waals surface area contributed by atoms with Gasteiger partial charge in [0.05, 0.1) is 10.9 Å². The first-order valence-electron chi connectivity index (χ1n) is 5.95. The van der Waals surface area contributed by atoms with E-state index in [9.17, 15) is 9.90 Å². The molecule has 0 radical (unpaired) electrons. The molecule has 0 saturated carbocycles. The molecule has 3 nitrogen and oxygen atoms in total. The molecule has 1 aromatic heterocycles. The van der Waals surface area contributed by atoms with Gasteiger partial charge in [-0.15, -0.1) is 0 Å². The van der Waals surface area contributed by atoms with Gasteiger partial charge in [-0.05, 0) is 30.5 Å². The first kappa shape index (κ1) is 13.6. The molecule has 0 aliphatic heterocycles. The zero-order chi connectivity index (χ0) is 13.8. The van der Waals surface area contributed by atoms with Gasteiger partial charge in [0.25, 0.3) is 0 Å². The summed E-state index contributed by atoms with van der Waals surface area (Å²) in [7, 11) is 0. The maximum atomic E-state index is 11.5. The normalized spacial score (nSPS) is 12.1. The quantitative estimate of drug-likeness (QED) is 0.930. The molecule has 1 aromatic carbocycles. The molecular formula is C15H14ClNO2. The van der Waals surface area contributed by atoms with Crippen LogP contribution < -0.4 is 0 Å². The molecule has 2 aromatic rings. The molecule has 2 rings (SSSR count).